The van der Waals surface area contributed by atoms with Crippen molar-refractivity contribution in [3.8, 4) is 17.0 Å². The van der Waals surface area contributed by atoms with Crippen molar-refractivity contribution in [2.45, 2.75) is 13.8 Å². The maximum atomic E-state index is 9.39. The highest BCUT2D eigenvalue weighted by Gasteiger charge is 2.06. The molecule has 0 bridgehead atoms. The van der Waals surface area contributed by atoms with Crippen LogP contribution < -0.4 is 0 Å². The van der Waals surface area contributed by atoms with Crippen LogP contribution in [-0.4, -0.2) is 15.3 Å². The summed E-state index contributed by atoms with van der Waals surface area (Å²) in [6.45, 7) is 4.00. The van der Waals surface area contributed by atoms with Gasteiger partial charge in [-0.3, -0.25) is 0 Å². The van der Waals surface area contributed by atoms with Crippen LogP contribution in [0.1, 0.15) is 11.1 Å². The number of aromatic hydroxyl groups is 1. The lowest BCUT2D eigenvalue weighted by Crippen LogP contribution is -1.94. The first-order valence-electron chi connectivity index (χ1n) is 4.77. The minimum Gasteiger partial charge on any atom is -0.508 e. The molecule has 76 valence electrons. The fraction of sp³-hybridized carbons (Fsp3) is 0.167. The zero-order valence-electron chi connectivity index (χ0n) is 8.73. The zero-order chi connectivity index (χ0) is 10.8. The molecule has 3 heteroatoms. The average molecular weight is 200 g/mol. The Morgan fingerprint density at radius 1 is 1.20 bits per heavy atom. The summed E-state index contributed by atoms with van der Waals surface area (Å²) >= 11 is 0. The summed E-state index contributed by atoms with van der Waals surface area (Å²) in [5, 5.41) is 17.4. The molecular formula is C12H12N2O. The highest BCUT2D eigenvalue weighted by Crippen LogP contribution is 2.24. The van der Waals surface area contributed by atoms with E-state index >= 15 is 0 Å². The lowest BCUT2D eigenvalue weighted by molar-refractivity contribution is 0.475. The fourth-order valence-corrected chi connectivity index (χ4v) is 1.46. The molecule has 2 aromatic rings. The molecule has 2 rings (SSSR count). The molecule has 0 spiro atoms. The molecule has 1 aromatic carbocycles. The van der Waals surface area contributed by atoms with Gasteiger partial charge in [0.05, 0.1) is 11.9 Å². The lowest BCUT2D eigenvalue weighted by atomic mass is 10.0. The van der Waals surface area contributed by atoms with Crippen LogP contribution in [0, 0.1) is 13.8 Å². The van der Waals surface area contributed by atoms with Gasteiger partial charge in [-0.2, -0.15) is 10.2 Å². The summed E-state index contributed by atoms with van der Waals surface area (Å²) in [7, 11) is 0. The molecule has 1 aromatic heterocycles. The monoisotopic (exact) mass is 200 g/mol. The lowest BCUT2D eigenvalue weighted by Gasteiger charge is -2.06. The molecule has 1 heterocycles. The summed E-state index contributed by atoms with van der Waals surface area (Å²) in [6, 6.07) is 7.04. The number of rotatable bonds is 1. The molecule has 0 aliphatic rings. The third-order valence-electron chi connectivity index (χ3n) is 2.48. The molecule has 0 fully saturated rings. The Balaban J connectivity index is 2.59. The van der Waals surface area contributed by atoms with Gasteiger partial charge in [0.2, 0.25) is 0 Å². The van der Waals surface area contributed by atoms with Gasteiger partial charge in [0.15, 0.2) is 0 Å². The largest absolute Gasteiger partial charge is 0.508 e. The number of hydrogen-bond acceptors (Lipinski definition) is 3. The number of aromatic nitrogens is 2. The molecule has 0 radical (unpaired) electrons. The van der Waals surface area contributed by atoms with E-state index in [-0.39, 0.29) is 5.75 Å². The Hall–Kier alpha value is -1.90. The van der Waals surface area contributed by atoms with Crippen molar-refractivity contribution < 1.29 is 5.11 Å². The van der Waals surface area contributed by atoms with Crippen LogP contribution in [0.25, 0.3) is 11.3 Å². The number of nitrogens with zero attached hydrogens (tertiary/aromatic N) is 2. The SMILES string of the molecule is Cc1cnnc(-c2cccc(O)c2)c1C. The van der Waals surface area contributed by atoms with E-state index < -0.39 is 0 Å². The van der Waals surface area contributed by atoms with Gasteiger partial charge in [0.1, 0.15) is 5.75 Å². The number of aryl methyl sites for hydroxylation is 1. The third kappa shape index (κ3) is 1.81. The Bertz CT molecular complexity index is 495. The van der Waals surface area contributed by atoms with Gasteiger partial charge < -0.3 is 5.11 Å². The van der Waals surface area contributed by atoms with Crippen molar-refractivity contribution in [3.05, 3.63) is 41.6 Å². The van der Waals surface area contributed by atoms with Gasteiger partial charge in [-0.25, -0.2) is 0 Å². The van der Waals surface area contributed by atoms with Crippen molar-refractivity contribution in [2.75, 3.05) is 0 Å². The van der Waals surface area contributed by atoms with Crippen molar-refractivity contribution >= 4 is 0 Å². The molecule has 3 nitrogen and oxygen atoms in total. The second kappa shape index (κ2) is 3.69. The molecule has 0 aliphatic carbocycles. The summed E-state index contributed by atoms with van der Waals surface area (Å²) in [5.74, 6) is 0.246. The molecule has 0 amide bonds. The molecule has 0 unspecified atom stereocenters. The van der Waals surface area contributed by atoms with Gasteiger partial charge in [-0.1, -0.05) is 12.1 Å². The number of phenolic OH excluding ortho intramolecular Hbond substituents is 1. The van der Waals surface area contributed by atoms with Crippen LogP contribution in [-0.2, 0) is 0 Å². The Kier molecular flexibility index (Phi) is 2.37. The van der Waals surface area contributed by atoms with Crippen LogP contribution in [0.15, 0.2) is 30.5 Å². The van der Waals surface area contributed by atoms with E-state index in [1.165, 1.54) is 0 Å². The second-order valence-corrected chi connectivity index (χ2v) is 3.55. The summed E-state index contributed by atoms with van der Waals surface area (Å²) in [4.78, 5) is 0. The summed E-state index contributed by atoms with van der Waals surface area (Å²) in [6.07, 6.45) is 1.74. The molecule has 0 atom stereocenters. The summed E-state index contributed by atoms with van der Waals surface area (Å²) < 4.78 is 0. The average Bonchev–Trinajstić information content (AvgIpc) is 2.22. The van der Waals surface area contributed by atoms with Crippen LogP contribution >= 0.6 is 0 Å². The van der Waals surface area contributed by atoms with E-state index in [0.717, 1.165) is 22.4 Å². The van der Waals surface area contributed by atoms with Crippen molar-refractivity contribution in [2.24, 2.45) is 0 Å². The fourth-order valence-electron chi connectivity index (χ4n) is 1.46. The predicted octanol–water partition coefficient (Wildman–Crippen LogP) is 2.47. The van der Waals surface area contributed by atoms with Gasteiger partial charge in [-0.15, -0.1) is 0 Å². The van der Waals surface area contributed by atoms with Crippen LogP contribution in [0.3, 0.4) is 0 Å². The maximum Gasteiger partial charge on any atom is 0.116 e. The van der Waals surface area contributed by atoms with Crippen LogP contribution in [0.2, 0.25) is 0 Å². The van der Waals surface area contributed by atoms with Crippen LogP contribution in [0.4, 0.5) is 0 Å². The Morgan fingerprint density at radius 2 is 2.00 bits per heavy atom. The molecule has 0 saturated carbocycles. The number of hydrogen-bond donors (Lipinski definition) is 1. The maximum absolute atomic E-state index is 9.39. The van der Waals surface area contributed by atoms with Gasteiger partial charge >= 0.3 is 0 Å². The molecule has 1 N–H and O–H groups in total. The first-order valence-corrected chi connectivity index (χ1v) is 4.77. The smallest absolute Gasteiger partial charge is 0.116 e. The van der Waals surface area contributed by atoms with E-state index in [9.17, 15) is 5.11 Å². The Morgan fingerprint density at radius 3 is 2.73 bits per heavy atom. The topological polar surface area (TPSA) is 46.0 Å². The molecule has 0 saturated heterocycles. The van der Waals surface area contributed by atoms with Gasteiger partial charge in [0, 0.05) is 5.56 Å². The van der Waals surface area contributed by atoms with Gasteiger partial charge in [-0.05, 0) is 37.1 Å². The van der Waals surface area contributed by atoms with Crippen molar-refractivity contribution in [1.29, 1.82) is 0 Å². The minimum absolute atomic E-state index is 0.246. The normalized spacial score (nSPS) is 10.3. The molecular weight excluding hydrogens is 188 g/mol. The van der Waals surface area contributed by atoms with E-state index in [0.29, 0.717) is 0 Å². The third-order valence-corrected chi connectivity index (χ3v) is 2.48. The number of phenols is 1. The minimum atomic E-state index is 0.246. The van der Waals surface area contributed by atoms with E-state index in [1.807, 2.05) is 19.9 Å². The first kappa shape index (κ1) is 9.65. The summed E-state index contributed by atoms with van der Waals surface area (Å²) in [5.41, 5.74) is 3.91. The number of benzene rings is 1. The quantitative estimate of drug-likeness (QED) is 0.769. The van der Waals surface area contributed by atoms with Gasteiger partial charge in [0.25, 0.3) is 0 Å². The predicted molar refractivity (Wildman–Crippen MR) is 58.6 cm³/mol. The van der Waals surface area contributed by atoms with E-state index in [1.54, 1.807) is 24.4 Å². The Labute approximate surface area is 88.4 Å². The van der Waals surface area contributed by atoms with Crippen molar-refractivity contribution in [3.63, 3.8) is 0 Å². The first-order chi connectivity index (χ1) is 7.18. The van der Waals surface area contributed by atoms with Crippen LogP contribution in [0.5, 0.6) is 5.75 Å². The zero-order valence-corrected chi connectivity index (χ0v) is 8.73. The molecule has 0 aliphatic heterocycles. The highest BCUT2D eigenvalue weighted by atomic mass is 16.3. The molecule has 15 heavy (non-hydrogen) atoms. The standard InChI is InChI=1S/C12H12N2O/c1-8-7-13-14-12(9(8)2)10-4-3-5-11(15)6-10/h3-7,15H,1-2H3. The second-order valence-electron chi connectivity index (χ2n) is 3.55. The van der Waals surface area contributed by atoms with E-state index in [2.05, 4.69) is 10.2 Å². The van der Waals surface area contributed by atoms with E-state index in [4.69, 9.17) is 0 Å². The highest BCUT2D eigenvalue weighted by molar-refractivity contribution is 5.64. The van der Waals surface area contributed by atoms with Crippen molar-refractivity contribution in [1.82, 2.24) is 10.2 Å².